The van der Waals surface area contributed by atoms with Crippen LogP contribution in [0.4, 0.5) is 8.78 Å². The Labute approximate surface area is 173 Å². The molecule has 138 valence electrons. The van der Waals surface area contributed by atoms with Crippen LogP contribution in [0, 0.1) is 18.3 Å². The average Bonchev–Trinajstić information content (AvgIpc) is 2.95. The van der Waals surface area contributed by atoms with Crippen LogP contribution >= 0.6 is 0 Å². The summed E-state index contributed by atoms with van der Waals surface area (Å²) in [5.74, 6) is -0.509. The molecule has 0 aliphatic carbocycles. The van der Waals surface area contributed by atoms with Crippen LogP contribution in [0.2, 0.25) is 0 Å². The molecule has 0 N–H and O–H groups in total. The minimum atomic E-state index is -0.255. The van der Waals surface area contributed by atoms with E-state index in [9.17, 15) is 8.78 Å². The van der Waals surface area contributed by atoms with E-state index in [4.69, 9.17) is 0 Å². The maximum Gasteiger partial charge on any atom is 1.00 e. The molecule has 6 heteroatoms. The van der Waals surface area contributed by atoms with Crippen LogP contribution in [0.1, 0.15) is 25.0 Å². The first-order valence-corrected chi connectivity index (χ1v) is 7.78. The first-order chi connectivity index (χ1) is 11.1. The number of nitrogens with zero attached hydrogens (tertiary/aromatic N) is 2. The largest absolute Gasteiger partial charge is 1.00 e. The SMILES string of the molecule is CCN1[CH-]N(CC)C(c2ccc(F)cc2)=C1c1ccc(F)cc1.[Au+].[Br-]. The van der Waals surface area contributed by atoms with Crippen LogP contribution in [-0.2, 0) is 22.4 Å². The fraction of sp³-hybridized carbons (Fsp3) is 0.211. The number of rotatable bonds is 4. The molecule has 0 atom stereocenters. The molecule has 0 saturated heterocycles. The minimum Gasteiger partial charge on any atom is -1.00 e. The molecule has 1 aliphatic rings. The predicted octanol–water partition coefficient (Wildman–Crippen LogP) is 1.57. The normalized spacial score (nSPS) is 13.6. The molecule has 0 saturated carbocycles. The molecule has 1 heterocycles. The second-order valence-electron chi connectivity index (χ2n) is 5.40. The van der Waals surface area contributed by atoms with Gasteiger partial charge in [-0.25, -0.2) is 8.78 Å². The summed E-state index contributed by atoms with van der Waals surface area (Å²) in [6.07, 6.45) is 0. The van der Waals surface area contributed by atoms with Gasteiger partial charge < -0.3 is 26.8 Å². The zero-order valence-corrected chi connectivity index (χ0v) is 17.7. The van der Waals surface area contributed by atoms with Gasteiger partial charge in [0.2, 0.25) is 0 Å². The Kier molecular flexibility index (Phi) is 8.35. The molecule has 0 bridgehead atoms. The zero-order valence-electron chi connectivity index (χ0n) is 13.9. The van der Waals surface area contributed by atoms with Gasteiger partial charge in [-0.1, -0.05) is 24.3 Å². The quantitative estimate of drug-likeness (QED) is 0.395. The maximum absolute atomic E-state index is 13.3. The van der Waals surface area contributed by atoms with Gasteiger partial charge in [-0.3, -0.25) is 0 Å². The van der Waals surface area contributed by atoms with Crippen molar-refractivity contribution in [3.63, 3.8) is 0 Å². The smallest absolute Gasteiger partial charge is 1.00 e. The molecular formula is C19H19AuBrF2N2-. The Balaban J connectivity index is 0.00000156. The van der Waals surface area contributed by atoms with Crippen LogP contribution in [0.15, 0.2) is 48.5 Å². The summed E-state index contributed by atoms with van der Waals surface area (Å²) in [4.78, 5) is 4.27. The van der Waals surface area contributed by atoms with Crippen LogP contribution in [0.3, 0.4) is 0 Å². The molecular weight excluding hydrogens is 571 g/mol. The van der Waals surface area contributed by atoms with E-state index in [2.05, 4.69) is 30.3 Å². The van der Waals surface area contributed by atoms with Crippen LogP contribution in [0.25, 0.3) is 11.4 Å². The molecule has 2 nitrogen and oxygen atoms in total. The van der Waals surface area contributed by atoms with Crippen LogP contribution in [0.5, 0.6) is 0 Å². The summed E-state index contributed by atoms with van der Waals surface area (Å²) in [6.45, 7) is 7.79. The summed E-state index contributed by atoms with van der Waals surface area (Å²) in [7, 11) is 0. The van der Waals surface area contributed by atoms with Crippen molar-refractivity contribution in [1.82, 2.24) is 9.80 Å². The second-order valence-corrected chi connectivity index (χ2v) is 5.40. The van der Waals surface area contributed by atoms with E-state index in [1.165, 1.54) is 24.3 Å². The van der Waals surface area contributed by atoms with Crippen LogP contribution in [-0.4, -0.2) is 22.9 Å². The van der Waals surface area contributed by atoms with Gasteiger partial charge in [0.1, 0.15) is 11.6 Å². The number of hydrogen-bond donors (Lipinski definition) is 0. The van der Waals surface area contributed by atoms with E-state index >= 15 is 0 Å². The van der Waals surface area contributed by atoms with E-state index in [1.807, 2.05) is 0 Å². The Hall–Kier alpha value is -1.14. The molecule has 0 fully saturated rings. The molecule has 3 rings (SSSR count). The van der Waals surface area contributed by atoms with Crippen molar-refractivity contribution in [2.45, 2.75) is 13.8 Å². The monoisotopic (exact) mass is 589 g/mol. The van der Waals surface area contributed by atoms with Gasteiger partial charge in [0.05, 0.1) is 0 Å². The van der Waals surface area contributed by atoms with E-state index in [0.717, 1.165) is 35.6 Å². The maximum atomic E-state index is 13.3. The fourth-order valence-electron chi connectivity index (χ4n) is 2.86. The van der Waals surface area contributed by atoms with Crippen molar-refractivity contribution in [2.75, 3.05) is 13.1 Å². The Bertz CT molecular complexity index is 656. The van der Waals surface area contributed by atoms with Gasteiger partial charge in [-0.05, 0) is 62.3 Å². The molecule has 0 amide bonds. The molecule has 2 aromatic rings. The van der Waals surface area contributed by atoms with E-state index in [0.29, 0.717) is 0 Å². The van der Waals surface area contributed by atoms with Gasteiger partial charge in [-0.2, -0.15) is 6.67 Å². The van der Waals surface area contributed by atoms with Crippen LogP contribution < -0.4 is 17.0 Å². The van der Waals surface area contributed by atoms with E-state index in [1.54, 1.807) is 24.3 Å². The van der Waals surface area contributed by atoms with Crippen molar-refractivity contribution >= 4 is 11.4 Å². The third-order valence-corrected chi connectivity index (χ3v) is 3.99. The summed E-state index contributed by atoms with van der Waals surface area (Å²) in [5.41, 5.74) is 3.92. The summed E-state index contributed by atoms with van der Waals surface area (Å²) >= 11 is 0. The van der Waals surface area contributed by atoms with E-state index < -0.39 is 0 Å². The predicted molar refractivity (Wildman–Crippen MR) is 88.7 cm³/mol. The topological polar surface area (TPSA) is 6.48 Å². The number of halogens is 3. The van der Waals surface area contributed by atoms with Crippen molar-refractivity contribution in [2.24, 2.45) is 0 Å². The Morgan fingerprint density at radius 3 is 1.32 bits per heavy atom. The summed E-state index contributed by atoms with van der Waals surface area (Å²) in [5, 5.41) is 0. The van der Waals surface area contributed by atoms with Gasteiger partial charge in [0.15, 0.2) is 0 Å². The third-order valence-electron chi connectivity index (χ3n) is 3.99. The molecule has 0 spiro atoms. The number of benzene rings is 2. The van der Waals surface area contributed by atoms with E-state index in [-0.39, 0.29) is 51.0 Å². The van der Waals surface area contributed by atoms with Crippen molar-refractivity contribution in [3.05, 3.63) is 78.0 Å². The standard InChI is InChI=1S/C19H19F2N2.Au.BrH/c1-3-22-13-23(4-2)19(15-7-11-17(21)12-8-15)18(22)14-5-9-16(20)10-6-14;;/h5-13H,3-4H2,1-2H3;;1H/q-1;+1;/p-1. The van der Waals surface area contributed by atoms with Gasteiger partial charge >= 0.3 is 22.4 Å². The van der Waals surface area contributed by atoms with Gasteiger partial charge in [0, 0.05) is 11.4 Å². The van der Waals surface area contributed by atoms with Gasteiger partial charge in [0.25, 0.3) is 0 Å². The molecule has 0 unspecified atom stereocenters. The third kappa shape index (κ3) is 4.53. The second kappa shape index (κ2) is 9.53. The molecule has 0 radical (unpaired) electrons. The fourth-order valence-corrected chi connectivity index (χ4v) is 2.86. The minimum absolute atomic E-state index is 0. The van der Waals surface area contributed by atoms with Crippen molar-refractivity contribution in [1.29, 1.82) is 0 Å². The average molecular weight is 590 g/mol. The summed E-state index contributed by atoms with van der Waals surface area (Å²) < 4.78 is 26.5. The molecule has 25 heavy (non-hydrogen) atoms. The first-order valence-electron chi connectivity index (χ1n) is 7.78. The molecule has 2 aromatic carbocycles. The Morgan fingerprint density at radius 1 is 0.720 bits per heavy atom. The molecule has 0 aromatic heterocycles. The van der Waals surface area contributed by atoms with Crippen molar-refractivity contribution in [3.8, 4) is 0 Å². The van der Waals surface area contributed by atoms with Gasteiger partial charge in [-0.15, -0.1) is 0 Å². The number of hydrogen-bond acceptors (Lipinski definition) is 2. The summed E-state index contributed by atoms with van der Waals surface area (Å²) in [6, 6.07) is 13.0. The molecule has 1 aliphatic heterocycles. The Morgan fingerprint density at radius 2 is 1.04 bits per heavy atom. The zero-order chi connectivity index (χ0) is 16.4. The van der Waals surface area contributed by atoms with Crippen molar-refractivity contribution < 1.29 is 48.1 Å². The first kappa shape index (κ1) is 21.9.